The molecule has 0 radical (unpaired) electrons. The fourth-order valence-electron chi connectivity index (χ4n) is 1.44. The molecule has 0 saturated carbocycles. The molecule has 0 saturated heterocycles. The maximum absolute atomic E-state index is 5.43. The summed E-state index contributed by atoms with van der Waals surface area (Å²) in [5.74, 6) is 0. The average Bonchev–Trinajstić information content (AvgIpc) is 2.14. The first kappa shape index (κ1) is 12.7. The standard InChI is InChI=1S/C12H25N/c1-3-4-5-6-7-9-12(2)10-8-11-13/h10H,3-9,11,13H2,1-2H3. The Morgan fingerprint density at radius 3 is 2.46 bits per heavy atom. The Balaban J connectivity index is 3.21. The number of hydrogen-bond donors (Lipinski definition) is 1. The molecule has 1 nitrogen and oxygen atoms in total. The number of hydrogen-bond acceptors (Lipinski definition) is 1. The summed E-state index contributed by atoms with van der Waals surface area (Å²) < 4.78 is 0. The van der Waals surface area contributed by atoms with Gasteiger partial charge in [0.15, 0.2) is 0 Å². The van der Waals surface area contributed by atoms with Gasteiger partial charge in [0.1, 0.15) is 0 Å². The van der Waals surface area contributed by atoms with E-state index in [1.165, 1.54) is 44.1 Å². The highest BCUT2D eigenvalue weighted by Gasteiger charge is 1.91. The van der Waals surface area contributed by atoms with Crippen molar-refractivity contribution in [2.24, 2.45) is 5.73 Å². The van der Waals surface area contributed by atoms with Crippen LogP contribution in [0.4, 0.5) is 0 Å². The second kappa shape index (κ2) is 9.79. The Kier molecular flexibility index (Phi) is 9.56. The smallest absolute Gasteiger partial charge is 0.00425 e. The van der Waals surface area contributed by atoms with Crippen molar-refractivity contribution in [3.63, 3.8) is 0 Å². The Hall–Kier alpha value is -0.300. The van der Waals surface area contributed by atoms with Crippen LogP contribution in [0.5, 0.6) is 0 Å². The lowest BCUT2D eigenvalue weighted by Crippen LogP contribution is -1.96. The van der Waals surface area contributed by atoms with Crippen molar-refractivity contribution in [2.75, 3.05) is 6.54 Å². The third kappa shape index (κ3) is 9.62. The molecule has 0 aromatic carbocycles. The van der Waals surface area contributed by atoms with Gasteiger partial charge in [0, 0.05) is 0 Å². The number of unbranched alkanes of at least 4 members (excludes halogenated alkanes) is 4. The maximum Gasteiger partial charge on any atom is -0.00425 e. The first-order chi connectivity index (χ1) is 6.31. The van der Waals surface area contributed by atoms with E-state index in [0.29, 0.717) is 0 Å². The van der Waals surface area contributed by atoms with Gasteiger partial charge < -0.3 is 5.73 Å². The van der Waals surface area contributed by atoms with Crippen LogP contribution in [0, 0.1) is 0 Å². The fraction of sp³-hybridized carbons (Fsp3) is 0.833. The fourth-order valence-corrected chi connectivity index (χ4v) is 1.44. The van der Waals surface area contributed by atoms with Gasteiger partial charge in [-0.25, -0.2) is 0 Å². The van der Waals surface area contributed by atoms with Gasteiger partial charge in [-0.15, -0.1) is 0 Å². The Labute approximate surface area is 83.4 Å². The molecule has 0 heterocycles. The van der Waals surface area contributed by atoms with E-state index in [1.54, 1.807) is 0 Å². The van der Waals surface area contributed by atoms with Gasteiger partial charge in [0.2, 0.25) is 0 Å². The maximum atomic E-state index is 5.43. The molecular weight excluding hydrogens is 158 g/mol. The van der Waals surface area contributed by atoms with E-state index >= 15 is 0 Å². The van der Waals surface area contributed by atoms with E-state index in [-0.39, 0.29) is 0 Å². The summed E-state index contributed by atoms with van der Waals surface area (Å²) in [6.45, 7) is 5.26. The minimum atomic E-state index is 0.785. The molecule has 0 amide bonds. The van der Waals surface area contributed by atoms with Crippen LogP contribution in [-0.4, -0.2) is 6.54 Å². The third-order valence-electron chi connectivity index (χ3n) is 2.33. The molecule has 0 spiro atoms. The molecule has 0 aromatic heterocycles. The number of allylic oxidation sites excluding steroid dienone is 1. The lowest BCUT2D eigenvalue weighted by atomic mass is 10.1. The van der Waals surface area contributed by atoms with Crippen LogP contribution >= 0.6 is 0 Å². The van der Waals surface area contributed by atoms with Gasteiger partial charge in [-0.2, -0.15) is 0 Å². The summed E-state index contributed by atoms with van der Waals surface area (Å²) in [5, 5.41) is 0. The second-order valence-electron chi connectivity index (χ2n) is 3.79. The summed E-state index contributed by atoms with van der Waals surface area (Å²) in [5.41, 5.74) is 6.94. The molecule has 78 valence electrons. The Morgan fingerprint density at radius 2 is 1.85 bits per heavy atom. The summed E-state index contributed by atoms with van der Waals surface area (Å²) >= 11 is 0. The predicted octanol–water partition coefficient (Wildman–Crippen LogP) is 3.64. The second-order valence-corrected chi connectivity index (χ2v) is 3.79. The highest BCUT2D eigenvalue weighted by Crippen LogP contribution is 2.10. The van der Waals surface area contributed by atoms with E-state index < -0.39 is 0 Å². The first-order valence-electron chi connectivity index (χ1n) is 5.67. The zero-order valence-electron chi connectivity index (χ0n) is 9.31. The van der Waals surface area contributed by atoms with Gasteiger partial charge in [-0.05, 0) is 32.7 Å². The van der Waals surface area contributed by atoms with Crippen molar-refractivity contribution in [3.8, 4) is 0 Å². The van der Waals surface area contributed by atoms with Crippen molar-refractivity contribution < 1.29 is 0 Å². The summed E-state index contributed by atoms with van der Waals surface area (Å²) in [6.07, 6.45) is 11.5. The quantitative estimate of drug-likeness (QED) is 0.451. The Bertz CT molecular complexity index is 127. The summed E-state index contributed by atoms with van der Waals surface area (Å²) in [4.78, 5) is 0. The average molecular weight is 183 g/mol. The molecule has 0 aliphatic rings. The van der Waals surface area contributed by atoms with Crippen LogP contribution in [0.2, 0.25) is 0 Å². The minimum absolute atomic E-state index is 0.785. The lowest BCUT2D eigenvalue weighted by Gasteiger charge is -2.01. The van der Waals surface area contributed by atoms with Crippen LogP contribution < -0.4 is 5.73 Å². The van der Waals surface area contributed by atoms with Gasteiger partial charge >= 0.3 is 0 Å². The highest BCUT2D eigenvalue weighted by molar-refractivity contribution is 4.97. The van der Waals surface area contributed by atoms with E-state index in [1.807, 2.05) is 0 Å². The van der Waals surface area contributed by atoms with Crippen molar-refractivity contribution in [1.29, 1.82) is 0 Å². The predicted molar refractivity (Wildman–Crippen MR) is 60.8 cm³/mol. The molecule has 13 heavy (non-hydrogen) atoms. The van der Waals surface area contributed by atoms with Gasteiger partial charge in [-0.3, -0.25) is 0 Å². The molecule has 0 rings (SSSR count). The van der Waals surface area contributed by atoms with E-state index in [4.69, 9.17) is 5.73 Å². The molecule has 2 N–H and O–H groups in total. The molecule has 0 atom stereocenters. The van der Waals surface area contributed by atoms with Crippen LogP contribution in [0.15, 0.2) is 11.6 Å². The lowest BCUT2D eigenvalue weighted by molar-refractivity contribution is 0.630. The normalized spacial score (nSPS) is 12.1. The van der Waals surface area contributed by atoms with Gasteiger partial charge in [0.25, 0.3) is 0 Å². The topological polar surface area (TPSA) is 26.0 Å². The van der Waals surface area contributed by atoms with Crippen molar-refractivity contribution in [2.45, 2.75) is 58.8 Å². The van der Waals surface area contributed by atoms with E-state index in [0.717, 1.165) is 13.0 Å². The van der Waals surface area contributed by atoms with Gasteiger partial charge in [0.05, 0.1) is 0 Å². The number of nitrogens with two attached hydrogens (primary N) is 1. The minimum Gasteiger partial charge on any atom is -0.330 e. The van der Waals surface area contributed by atoms with Crippen LogP contribution in [-0.2, 0) is 0 Å². The molecule has 1 heteroatoms. The van der Waals surface area contributed by atoms with E-state index in [9.17, 15) is 0 Å². The molecule has 0 aromatic rings. The monoisotopic (exact) mass is 183 g/mol. The molecular formula is C12H25N. The number of rotatable bonds is 8. The molecule has 0 aliphatic carbocycles. The Morgan fingerprint density at radius 1 is 1.15 bits per heavy atom. The molecule has 0 bridgehead atoms. The van der Waals surface area contributed by atoms with Crippen LogP contribution in [0.25, 0.3) is 0 Å². The van der Waals surface area contributed by atoms with Crippen LogP contribution in [0.3, 0.4) is 0 Å². The molecule has 0 fully saturated rings. The SMILES string of the molecule is CCCCCCCC(C)=CCCN. The zero-order valence-corrected chi connectivity index (χ0v) is 9.31. The highest BCUT2D eigenvalue weighted by atomic mass is 14.5. The first-order valence-corrected chi connectivity index (χ1v) is 5.67. The van der Waals surface area contributed by atoms with Crippen molar-refractivity contribution in [3.05, 3.63) is 11.6 Å². The largest absolute Gasteiger partial charge is 0.330 e. The van der Waals surface area contributed by atoms with Crippen molar-refractivity contribution >= 4 is 0 Å². The van der Waals surface area contributed by atoms with Gasteiger partial charge in [-0.1, -0.05) is 44.3 Å². The zero-order chi connectivity index (χ0) is 9.94. The molecule has 0 aliphatic heterocycles. The van der Waals surface area contributed by atoms with E-state index in [2.05, 4.69) is 19.9 Å². The summed E-state index contributed by atoms with van der Waals surface area (Å²) in [7, 11) is 0. The van der Waals surface area contributed by atoms with Crippen LogP contribution in [0.1, 0.15) is 58.8 Å². The summed E-state index contributed by atoms with van der Waals surface area (Å²) in [6, 6.07) is 0. The molecule has 0 unspecified atom stereocenters. The van der Waals surface area contributed by atoms with Crippen molar-refractivity contribution in [1.82, 2.24) is 0 Å². The third-order valence-corrected chi connectivity index (χ3v) is 2.33.